The zero-order valence-electron chi connectivity index (χ0n) is 14.5. The maximum Gasteiger partial charge on any atom is 0.291 e. The summed E-state index contributed by atoms with van der Waals surface area (Å²) in [6, 6.07) is 14.3. The minimum atomic E-state index is -0.916. The van der Waals surface area contributed by atoms with Crippen LogP contribution < -0.4 is 11.3 Å². The van der Waals surface area contributed by atoms with Crippen LogP contribution in [0.2, 0.25) is 0 Å². The number of amides is 1. The van der Waals surface area contributed by atoms with Gasteiger partial charge in [0.15, 0.2) is 5.75 Å². The lowest BCUT2D eigenvalue weighted by Gasteiger charge is -2.07. The Kier molecular flexibility index (Phi) is 4.32. The van der Waals surface area contributed by atoms with E-state index in [9.17, 15) is 19.8 Å². The third-order valence-electron chi connectivity index (χ3n) is 4.28. The molecule has 1 amide bonds. The number of phenolic OH excluding ortho intramolecular Hbond substituents is 1. The number of hydrogen-bond acceptors (Lipinski definition) is 6. The van der Waals surface area contributed by atoms with Crippen LogP contribution in [0.1, 0.15) is 20.9 Å². The number of nitrogens with two attached hydrogens (primary N) is 1. The maximum absolute atomic E-state index is 11.7. The minimum Gasteiger partial charge on any atom is -0.508 e. The maximum atomic E-state index is 11.7. The van der Waals surface area contributed by atoms with E-state index in [1.807, 2.05) is 18.2 Å². The zero-order valence-corrected chi connectivity index (χ0v) is 15.3. The first kappa shape index (κ1) is 17.7. The molecule has 0 spiro atoms. The highest BCUT2D eigenvalue weighted by Crippen LogP contribution is 2.31. The van der Waals surface area contributed by atoms with Gasteiger partial charge >= 0.3 is 0 Å². The van der Waals surface area contributed by atoms with Crippen molar-refractivity contribution in [3.05, 3.63) is 75.0 Å². The molecule has 7 nitrogen and oxygen atoms in total. The Bertz CT molecular complexity index is 1280. The number of thiophene rings is 1. The van der Waals surface area contributed by atoms with E-state index in [-0.39, 0.29) is 16.8 Å². The summed E-state index contributed by atoms with van der Waals surface area (Å²) in [6.45, 7) is 0. The Labute approximate surface area is 162 Å². The van der Waals surface area contributed by atoms with E-state index >= 15 is 0 Å². The molecule has 4 rings (SSSR count). The third kappa shape index (κ3) is 3.21. The van der Waals surface area contributed by atoms with Crippen LogP contribution in [0.4, 0.5) is 0 Å². The number of nitrogens with zero attached hydrogens (tertiary/aromatic N) is 1. The SMILES string of the molecule is NC(=O)c1c(O)c(=O)[nH]c2ccc(Cc3ccc(-c4cccc(O)c4)s3)nc12. The van der Waals surface area contributed by atoms with Crippen molar-refractivity contribution in [2.24, 2.45) is 5.73 Å². The minimum absolute atomic E-state index is 0.159. The Morgan fingerprint density at radius 2 is 1.96 bits per heavy atom. The summed E-state index contributed by atoms with van der Waals surface area (Å²) in [4.78, 5) is 32.4. The van der Waals surface area contributed by atoms with Crippen LogP contribution in [0, 0.1) is 0 Å². The van der Waals surface area contributed by atoms with E-state index < -0.39 is 17.2 Å². The predicted molar refractivity (Wildman–Crippen MR) is 107 cm³/mol. The molecule has 0 atom stereocenters. The molecule has 8 heteroatoms. The number of fused-ring (bicyclic) bond motifs is 1. The fraction of sp³-hybridized carbons (Fsp3) is 0.0500. The average molecular weight is 393 g/mol. The molecule has 0 radical (unpaired) electrons. The van der Waals surface area contributed by atoms with E-state index in [0.717, 1.165) is 15.3 Å². The highest BCUT2D eigenvalue weighted by atomic mass is 32.1. The van der Waals surface area contributed by atoms with E-state index in [4.69, 9.17) is 5.73 Å². The molecule has 140 valence electrons. The van der Waals surface area contributed by atoms with Crippen molar-refractivity contribution < 1.29 is 15.0 Å². The van der Waals surface area contributed by atoms with E-state index in [1.165, 1.54) is 0 Å². The smallest absolute Gasteiger partial charge is 0.291 e. The highest BCUT2D eigenvalue weighted by Gasteiger charge is 2.18. The first-order chi connectivity index (χ1) is 13.4. The lowest BCUT2D eigenvalue weighted by Crippen LogP contribution is -2.18. The first-order valence-electron chi connectivity index (χ1n) is 8.35. The Hall–Kier alpha value is -3.65. The van der Waals surface area contributed by atoms with Gasteiger partial charge in [-0.15, -0.1) is 11.3 Å². The van der Waals surface area contributed by atoms with Gasteiger partial charge in [0, 0.05) is 21.9 Å². The lowest BCUT2D eigenvalue weighted by atomic mass is 10.1. The number of H-pyrrole nitrogens is 1. The van der Waals surface area contributed by atoms with Gasteiger partial charge in [-0.05, 0) is 42.0 Å². The fourth-order valence-electron chi connectivity index (χ4n) is 3.00. The normalized spacial score (nSPS) is 11.0. The van der Waals surface area contributed by atoms with Gasteiger partial charge in [0.1, 0.15) is 16.8 Å². The Morgan fingerprint density at radius 3 is 2.71 bits per heavy atom. The molecule has 1 aromatic carbocycles. The number of aromatic nitrogens is 2. The molecule has 3 heterocycles. The van der Waals surface area contributed by atoms with Crippen LogP contribution in [0.3, 0.4) is 0 Å². The molecule has 0 aliphatic heterocycles. The van der Waals surface area contributed by atoms with Crippen molar-refractivity contribution in [2.45, 2.75) is 6.42 Å². The van der Waals surface area contributed by atoms with Crippen molar-refractivity contribution in [1.82, 2.24) is 9.97 Å². The standard InChI is InChI=1S/C20H15N3O4S/c21-19(26)16-17-14(23-20(27)18(16)25)6-4-11(22-17)9-13-5-7-15(28-13)10-2-1-3-12(24)8-10/h1-8,24-25H,9H2,(H2,21,26)(H,23,27). The molecule has 0 aliphatic carbocycles. The van der Waals surface area contributed by atoms with Gasteiger partial charge in [0.25, 0.3) is 11.5 Å². The van der Waals surface area contributed by atoms with Crippen LogP contribution in [-0.4, -0.2) is 26.1 Å². The molecule has 4 aromatic rings. The monoisotopic (exact) mass is 393 g/mol. The number of aromatic hydroxyl groups is 2. The number of pyridine rings is 2. The summed E-state index contributed by atoms with van der Waals surface area (Å²) in [5.41, 5.74) is 6.31. The lowest BCUT2D eigenvalue weighted by molar-refractivity contribution is 0.0999. The summed E-state index contributed by atoms with van der Waals surface area (Å²) in [7, 11) is 0. The molecule has 0 saturated carbocycles. The van der Waals surface area contributed by atoms with Crippen molar-refractivity contribution >= 4 is 28.3 Å². The molecule has 5 N–H and O–H groups in total. The summed E-state index contributed by atoms with van der Waals surface area (Å²) < 4.78 is 0. The zero-order chi connectivity index (χ0) is 19.8. The van der Waals surface area contributed by atoms with Crippen molar-refractivity contribution in [3.8, 4) is 21.9 Å². The van der Waals surface area contributed by atoms with E-state index in [2.05, 4.69) is 9.97 Å². The van der Waals surface area contributed by atoms with Gasteiger partial charge in [-0.25, -0.2) is 4.98 Å². The molecular formula is C20H15N3O4S. The number of aromatic amines is 1. The summed E-state index contributed by atoms with van der Waals surface area (Å²) in [5, 5.41) is 19.5. The van der Waals surface area contributed by atoms with Crippen LogP contribution in [0.25, 0.3) is 21.5 Å². The number of nitrogens with one attached hydrogen (secondary N) is 1. The molecule has 3 aromatic heterocycles. The number of carbonyl (C=O) groups excluding carboxylic acids is 1. The van der Waals surface area contributed by atoms with Gasteiger partial charge in [0.05, 0.1) is 5.52 Å². The second-order valence-corrected chi connectivity index (χ2v) is 7.40. The molecule has 0 saturated heterocycles. The van der Waals surface area contributed by atoms with Crippen molar-refractivity contribution in [2.75, 3.05) is 0 Å². The first-order valence-corrected chi connectivity index (χ1v) is 9.17. The molecule has 0 unspecified atom stereocenters. The molecular weight excluding hydrogens is 378 g/mol. The molecule has 28 heavy (non-hydrogen) atoms. The quantitative estimate of drug-likeness (QED) is 0.424. The van der Waals surface area contributed by atoms with Gasteiger partial charge in [-0.2, -0.15) is 0 Å². The molecule has 0 aliphatic rings. The Balaban J connectivity index is 1.71. The van der Waals surface area contributed by atoms with Crippen LogP contribution in [-0.2, 0) is 6.42 Å². The van der Waals surface area contributed by atoms with Crippen LogP contribution in [0.15, 0.2) is 53.3 Å². The van der Waals surface area contributed by atoms with Crippen molar-refractivity contribution in [1.29, 1.82) is 0 Å². The fourth-order valence-corrected chi connectivity index (χ4v) is 4.02. The van der Waals surface area contributed by atoms with Crippen molar-refractivity contribution in [3.63, 3.8) is 0 Å². The van der Waals surface area contributed by atoms with E-state index in [0.29, 0.717) is 17.6 Å². The summed E-state index contributed by atoms with van der Waals surface area (Å²) >= 11 is 1.56. The number of primary amides is 1. The van der Waals surface area contributed by atoms with Gasteiger partial charge in [0.2, 0.25) is 0 Å². The predicted octanol–water partition coefficient (Wildman–Crippen LogP) is 2.75. The average Bonchev–Trinajstić information content (AvgIpc) is 3.11. The van der Waals surface area contributed by atoms with Gasteiger partial charge in [-0.3, -0.25) is 9.59 Å². The third-order valence-corrected chi connectivity index (χ3v) is 5.42. The van der Waals surface area contributed by atoms with Gasteiger partial charge < -0.3 is 20.9 Å². The number of rotatable bonds is 4. The Morgan fingerprint density at radius 1 is 1.14 bits per heavy atom. The highest BCUT2D eigenvalue weighted by molar-refractivity contribution is 7.15. The van der Waals surface area contributed by atoms with Crippen LogP contribution in [0.5, 0.6) is 11.5 Å². The number of phenols is 1. The molecule has 0 bridgehead atoms. The molecule has 0 fully saturated rings. The second kappa shape index (κ2) is 6.82. The second-order valence-electron chi connectivity index (χ2n) is 6.23. The topological polar surface area (TPSA) is 129 Å². The van der Waals surface area contributed by atoms with E-state index in [1.54, 1.807) is 41.7 Å². The number of hydrogen-bond donors (Lipinski definition) is 4. The van der Waals surface area contributed by atoms with Gasteiger partial charge in [-0.1, -0.05) is 12.1 Å². The number of benzene rings is 1. The summed E-state index contributed by atoms with van der Waals surface area (Å²) in [5.74, 6) is -1.44. The van der Waals surface area contributed by atoms with Crippen LogP contribution >= 0.6 is 11.3 Å². The largest absolute Gasteiger partial charge is 0.508 e. The summed E-state index contributed by atoms with van der Waals surface area (Å²) in [6.07, 6.45) is 0.498. The number of carbonyl (C=O) groups is 1.